The van der Waals surface area contributed by atoms with Crippen LogP contribution in [0.1, 0.15) is 37.8 Å². The Kier molecular flexibility index (Phi) is 4.95. The minimum atomic E-state index is -0.400. The molecule has 1 unspecified atom stereocenters. The van der Waals surface area contributed by atoms with Gasteiger partial charge in [0.05, 0.1) is 0 Å². The number of carbonyl (C=O) groups excluding carboxylic acids is 1. The summed E-state index contributed by atoms with van der Waals surface area (Å²) in [7, 11) is 0. The fraction of sp³-hybridized carbons (Fsp3) is 0.533. The number of piperidine rings is 1. The highest BCUT2D eigenvalue weighted by molar-refractivity contribution is 5.77. The van der Waals surface area contributed by atoms with Crippen molar-refractivity contribution in [2.24, 2.45) is 5.73 Å². The summed E-state index contributed by atoms with van der Waals surface area (Å²) < 4.78 is 19.1. The van der Waals surface area contributed by atoms with Crippen LogP contribution < -0.4 is 10.5 Å². The van der Waals surface area contributed by atoms with Crippen LogP contribution in [0.4, 0.5) is 4.39 Å². The van der Waals surface area contributed by atoms with Gasteiger partial charge in [-0.15, -0.1) is 0 Å². The number of carbonyl (C=O) groups is 1. The molecule has 1 fully saturated rings. The van der Waals surface area contributed by atoms with Crippen LogP contribution in [0.5, 0.6) is 5.75 Å². The van der Waals surface area contributed by atoms with E-state index in [0.29, 0.717) is 11.3 Å². The summed E-state index contributed by atoms with van der Waals surface area (Å²) in [4.78, 5) is 13.7. The third-order valence-corrected chi connectivity index (χ3v) is 3.53. The highest BCUT2D eigenvalue weighted by atomic mass is 19.1. The minimum absolute atomic E-state index is 0.0404. The summed E-state index contributed by atoms with van der Waals surface area (Å²) in [5, 5.41) is 0. The van der Waals surface area contributed by atoms with Crippen molar-refractivity contribution in [1.82, 2.24) is 4.90 Å². The van der Waals surface area contributed by atoms with E-state index in [9.17, 15) is 9.18 Å². The van der Waals surface area contributed by atoms with E-state index in [2.05, 4.69) is 0 Å². The number of ether oxygens (including phenoxy) is 1. The molecule has 20 heavy (non-hydrogen) atoms. The van der Waals surface area contributed by atoms with Gasteiger partial charge in [0.25, 0.3) is 5.91 Å². The van der Waals surface area contributed by atoms with Gasteiger partial charge in [-0.3, -0.25) is 4.79 Å². The number of halogens is 1. The predicted octanol–water partition coefficient (Wildman–Crippen LogP) is 2.24. The van der Waals surface area contributed by atoms with Gasteiger partial charge in [0.15, 0.2) is 6.61 Å². The summed E-state index contributed by atoms with van der Waals surface area (Å²) in [6.45, 7) is 3.26. The average Bonchev–Trinajstić information content (AvgIpc) is 2.45. The fourth-order valence-electron chi connectivity index (χ4n) is 2.35. The van der Waals surface area contributed by atoms with Gasteiger partial charge in [0, 0.05) is 30.8 Å². The number of rotatable bonds is 4. The third-order valence-electron chi connectivity index (χ3n) is 3.53. The number of likely N-dealkylation sites (tertiary alicyclic amines) is 1. The molecule has 110 valence electrons. The Hall–Kier alpha value is -1.62. The first kappa shape index (κ1) is 14.8. The maximum Gasteiger partial charge on any atom is 0.260 e. The van der Waals surface area contributed by atoms with E-state index in [1.807, 2.05) is 0 Å². The van der Waals surface area contributed by atoms with Crippen molar-refractivity contribution in [3.05, 3.63) is 29.6 Å². The third kappa shape index (κ3) is 3.70. The summed E-state index contributed by atoms with van der Waals surface area (Å²) in [6, 6.07) is 4.16. The highest BCUT2D eigenvalue weighted by Gasteiger charge is 2.17. The molecule has 0 spiro atoms. The van der Waals surface area contributed by atoms with Gasteiger partial charge in [0.2, 0.25) is 0 Å². The molecular weight excluding hydrogens is 259 g/mol. The molecule has 1 aromatic carbocycles. The molecule has 0 bridgehead atoms. The van der Waals surface area contributed by atoms with Crippen LogP contribution in [-0.2, 0) is 4.79 Å². The molecule has 0 radical (unpaired) electrons. The number of hydrogen-bond acceptors (Lipinski definition) is 3. The van der Waals surface area contributed by atoms with Gasteiger partial charge in [-0.1, -0.05) is 6.07 Å². The Morgan fingerprint density at radius 2 is 2.10 bits per heavy atom. The smallest absolute Gasteiger partial charge is 0.260 e. The van der Waals surface area contributed by atoms with Crippen molar-refractivity contribution in [2.45, 2.75) is 32.2 Å². The SMILES string of the molecule is CC(N)c1ccc(OCC(=O)N2CCCCC2)cc1F. The molecule has 1 heterocycles. The molecule has 4 nitrogen and oxygen atoms in total. The van der Waals surface area contributed by atoms with Gasteiger partial charge in [0.1, 0.15) is 11.6 Å². The summed E-state index contributed by atoms with van der Waals surface area (Å²) in [6.07, 6.45) is 3.27. The molecule has 5 heteroatoms. The van der Waals surface area contributed by atoms with E-state index < -0.39 is 5.82 Å². The standard InChI is InChI=1S/C15H21FN2O2/c1-11(17)13-6-5-12(9-14(13)16)20-10-15(19)18-7-3-2-4-8-18/h5-6,9,11H,2-4,7-8,10,17H2,1H3. The van der Waals surface area contributed by atoms with E-state index in [1.54, 1.807) is 24.0 Å². The number of nitrogens with two attached hydrogens (primary N) is 1. The second-order valence-corrected chi connectivity index (χ2v) is 5.20. The Bertz CT molecular complexity index is 471. The van der Waals surface area contributed by atoms with Crippen molar-refractivity contribution < 1.29 is 13.9 Å². The van der Waals surface area contributed by atoms with Crippen LogP contribution in [0.2, 0.25) is 0 Å². The topological polar surface area (TPSA) is 55.6 Å². The van der Waals surface area contributed by atoms with Gasteiger partial charge in [-0.25, -0.2) is 4.39 Å². The molecule has 1 aromatic rings. The Morgan fingerprint density at radius 3 is 2.70 bits per heavy atom. The average molecular weight is 280 g/mol. The molecule has 1 amide bonds. The maximum absolute atomic E-state index is 13.7. The zero-order valence-corrected chi connectivity index (χ0v) is 11.8. The lowest BCUT2D eigenvalue weighted by atomic mass is 10.1. The quantitative estimate of drug-likeness (QED) is 0.920. The number of amides is 1. The highest BCUT2D eigenvalue weighted by Crippen LogP contribution is 2.20. The van der Waals surface area contributed by atoms with E-state index in [-0.39, 0.29) is 18.6 Å². The Morgan fingerprint density at radius 1 is 1.40 bits per heavy atom. The monoisotopic (exact) mass is 280 g/mol. The molecule has 1 atom stereocenters. The maximum atomic E-state index is 13.7. The van der Waals surface area contributed by atoms with E-state index in [0.717, 1.165) is 25.9 Å². The Balaban J connectivity index is 1.90. The first-order valence-electron chi connectivity index (χ1n) is 7.03. The second kappa shape index (κ2) is 6.70. The van der Waals surface area contributed by atoms with E-state index in [1.165, 1.54) is 12.5 Å². The first-order chi connectivity index (χ1) is 9.58. The fourth-order valence-corrected chi connectivity index (χ4v) is 2.35. The molecule has 2 rings (SSSR count). The van der Waals surface area contributed by atoms with E-state index in [4.69, 9.17) is 10.5 Å². The minimum Gasteiger partial charge on any atom is -0.484 e. The lowest BCUT2D eigenvalue weighted by molar-refractivity contribution is -0.134. The van der Waals surface area contributed by atoms with Crippen molar-refractivity contribution >= 4 is 5.91 Å². The predicted molar refractivity (Wildman–Crippen MR) is 74.9 cm³/mol. The van der Waals surface area contributed by atoms with Crippen LogP contribution in [0.25, 0.3) is 0 Å². The number of benzene rings is 1. The van der Waals surface area contributed by atoms with Gasteiger partial charge in [-0.2, -0.15) is 0 Å². The zero-order chi connectivity index (χ0) is 14.5. The Labute approximate surface area is 118 Å². The summed E-state index contributed by atoms with van der Waals surface area (Å²) in [5.41, 5.74) is 6.09. The van der Waals surface area contributed by atoms with Crippen LogP contribution in [0.15, 0.2) is 18.2 Å². The van der Waals surface area contributed by atoms with Crippen LogP contribution in [-0.4, -0.2) is 30.5 Å². The summed E-state index contributed by atoms with van der Waals surface area (Å²) >= 11 is 0. The molecule has 1 aliphatic rings. The van der Waals surface area contributed by atoms with Gasteiger partial charge < -0.3 is 15.4 Å². The molecule has 1 saturated heterocycles. The van der Waals surface area contributed by atoms with E-state index >= 15 is 0 Å². The lowest BCUT2D eigenvalue weighted by Crippen LogP contribution is -2.38. The van der Waals surface area contributed by atoms with Gasteiger partial charge >= 0.3 is 0 Å². The molecular formula is C15H21FN2O2. The van der Waals surface area contributed by atoms with Crippen LogP contribution >= 0.6 is 0 Å². The van der Waals surface area contributed by atoms with Crippen LogP contribution in [0.3, 0.4) is 0 Å². The molecule has 0 saturated carbocycles. The second-order valence-electron chi connectivity index (χ2n) is 5.20. The molecule has 0 aliphatic carbocycles. The van der Waals surface area contributed by atoms with Crippen molar-refractivity contribution in [2.75, 3.05) is 19.7 Å². The molecule has 2 N–H and O–H groups in total. The lowest BCUT2D eigenvalue weighted by Gasteiger charge is -2.26. The zero-order valence-electron chi connectivity index (χ0n) is 11.8. The number of hydrogen-bond donors (Lipinski definition) is 1. The summed E-state index contributed by atoms with van der Waals surface area (Å²) in [5.74, 6) is -0.0819. The van der Waals surface area contributed by atoms with Crippen molar-refractivity contribution in [3.63, 3.8) is 0 Å². The first-order valence-corrected chi connectivity index (χ1v) is 7.03. The van der Waals surface area contributed by atoms with Gasteiger partial charge in [-0.05, 0) is 32.3 Å². The molecule has 1 aliphatic heterocycles. The van der Waals surface area contributed by atoms with Crippen molar-refractivity contribution in [1.29, 1.82) is 0 Å². The largest absolute Gasteiger partial charge is 0.484 e. The van der Waals surface area contributed by atoms with Crippen molar-refractivity contribution in [3.8, 4) is 5.75 Å². The number of nitrogens with zero attached hydrogens (tertiary/aromatic N) is 1. The normalized spacial score (nSPS) is 16.9. The molecule has 0 aromatic heterocycles. The van der Waals surface area contributed by atoms with Crippen LogP contribution in [0, 0.1) is 5.82 Å².